The highest BCUT2D eigenvalue weighted by Crippen LogP contribution is 2.25. The Bertz CT molecular complexity index is 1230. The zero-order chi connectivity index (χ0) is 21.6. The minimum Gasteiger partial charge on any atom is -0.497 e. The Kier molecular flexibility index (Phi) is 6.18. The number of amides is 1. The van der Waals surface area contributed by atoms with Gasteiger partial charge in [-0.1, -0.05) is 30.3 Å². The van der Waals surface area contributed by atoms with E-state index in [2.05, 4.69) is 15.4 Å². The van der Waals surface area contributed by atoms with Gasteiger partial charge in [0.15, 0.2) is 0 Å². The molecule has 0 saturated carbocycles. The molecule has 0 spiro atoms. The van der Waals surface area contributed by atoms with Gasteiger partial charge in [0, 0.05) is 17.0 Å². The number of carbonyl (C=O) groups excluding carboxylic acids is 1. The van der Waals surface area contributed by atoms with E-state index >= 15 is 0 Å². The summed E-state index contributed by atoms with van der Waals surface area (Å²) in [4.78, 5) is 29.2. The van der Waals surface area contributed by atoms with Gasteiger partial charge in [0.05, 0.1) is 25.9 Å². The van der Waals surface area contributed by atoms with Gasteiger partial charge in [0.2, 0.25) is 0 Å². The summed E-state index contributed by atoms with van der Waals surface area (Å²) in [6.07, 6.45) is 0. The monoisotopic (exact) mass is 432 g/mol. The van der Waals surface area contributed by atoms with Crippen molar-refractivity contribution in [3.63, 3.8) is 0 Å². The Labute approximate surface area is 183 Å². The minimum absolute atomic E-state index is 0.182. The van der Waals surface area contributed by atoms with E-state index in [1.165, 1.54) is 28.2 Å². The van der Waals surface area contributed by atoms with Crippen LogP contribution in [0.15, 0.2) is 76.9 Å². The van der Waals surface area contributed by atoms with Crippen molar-refractivity contribution in [3.8, 4) is 16.3 Å². The van der Waals surface area contributed by atoms with Crippen LogP contribution < -0.4 is 15.6 Å². The highest BCUT2D eigenvalue weighted by molar-refractivity contribution is 7.13. The first-order valence-electron chi connectivity index (χ1n) is 9.61. The average molecular weight is 433 g/mol. The molecule has 0 aliphatic carbocycles. The Balaban J connectivity index is 1.41. The third-order valence-electron chi connectivity index (χ3n) is 4.59. The van der Waals surface area contributed by atoms with Crippen molar-refractivity contribution < 1.29 is 9.53 Å². The number of aromatic nitrogens is 3. The zero-order valence-corrected chi connectivity index (χ0v) is 17.6. The second-order valence-corrected chi connectivity index (χ2v) is 7.61. The lowest BCUT2D eigenvalue weighted by Crippen LogP contribution is -2.29. The zero-order valence-electron chi connectivity index (χ0n) is 16.8. The van der Waals surface area contributed by atoms with Crippen LogP contribution in [0, 0.1) is 0 Å². The van der Waals surface area contributed by atoms with Crippen LogP contribution in [0.25, 0.3) is 10.6 Å². The number of carbonyl (C=O) groups is 1. The summed E-state index contributed by atoms with van der Waals surface area (Å²) in [5.74, 6) is 0.426. The van der Waals surface area contributed by atoms with Crippen molar-refractivity contribution in [2.45, 2.75) is 13.1 Å². The molecule has 0 unspecified atom stereocenters. The first-order valence-corrected chi connectivity index (χ1v) is 10.5. The first-order chi connectivity index (χ1) is 15.1. The number of nitrogens with one attached hydrogen (secondary N) is 1. The molecule has 2 aromatic heterocycles. The Hall–Kier alpha value is -3.78. The van der Waals surface area contributed by atoms with Crippen LogP contribution in [0.5, 0.6) is 5.75 Å². The van der Waals surface area contributed by atoms with Crippen LogP contribution >= 0.6 is 11.3 Å². The fraction of sp³-hybridized carbons (Fsp3) is 0.130. The van der Waals surface area contributed by atoms with Gasteiger partial charge < -0.3 is 10.1 Å². The Morgan fingerprint density at radius 2 is 1.84 bits per heavy atom. The molecule has 0 aliphatic heterocycles. The van der Waals surface area contributed by atoms with Crippen LogP contribution in [0.2, 0.25) is 0 Å². The van der Waals surface area contributed by atoms with Crippen LogP contribution in [-0.4, -0.2) is 27.8 Å². The summed E-state index contributed by atoms with van der Waals surface area (Å²) in [6, 6.07) is 20.0. The van der Waals surface area contributed by atoms with Crippen LogP contribution in [0.3, 0.4) is 0 Å². The van der Waals surface area contributed by atoms with Gasteiger partial charge in [0.25, 0.3) is 11.5 Å². The lowest BCUT2D eigenvalue weighted by molar-refractivity contribution is 0.0943. The highest BCUT2D eigenvalue weighted by Gasteiger charge is 2.11. The van der Waals surface area contributed by atoms with Crippen molar-refractivity contribution in [2.75, 3.05) is 7.11 Å². The molecule has 2 aromatic carbocycles. The third kappa shape index (κ3) is 5.04. The van der Waals surface area contributed by atoms with E-state index in [0.29, 0.717) is 6.54 Å². The van der Waals surface area contributed by atoms with Gasteiger partial charge in [-0.05, 0) is 35.9 Å². The van der Waals surface area contributed by atoms with Gasteiger partial charge in [-0.3, -0.25) is 9.59 Å². The molecule has 1 N–H and O–H groups in total. The summed E-state index contributed by atoms with van der Waals surface area (Å²) in [5.41, 5.74) is 2.59. The maximum atomic E-state index is 12.6. The number of ether oxygens (including phenoxy) is 1. The lowest BCUT2D eigenvalue weighted by Gasteiger charge is -2.07. The number of hydrogen-bond acceptors (Lipinski definition) is 6. The molecule has 2 heterocycles. The van der Waals surface area contributed by atoms with E-state index in [0.717, 1.165) is 27.6 Å². The Morgan fingerprint density at radius 3 is 2.58 bits per heavy atom. The second-order valence-electron chi connectivity index (χ2n) is 6.76. The van der Waals surface area contributed by atoms with Gasteiger partial charge in [0.1, 0.15) is 16.5 Å². The number of methoxy groups -OCH3 is 1. The predicted octanol–water partition coefficient (Wildman–Crippen LogP) is 3.35. The highest BCUT2D eigenvalue weighted by atomic mass is 32.1. The van der Waals surface area contributed by atoms with Crippen molar-refractivity contribution in [1.29, 1.82) is 0 Å². The summed E-state index contributed by atoms with van der Waals surface area (Å²) in [5, 5.41) is 9.80. The number of hydrogen-bond donors (Lipinski definition) is 1. The number of thiazole rings is 1. The van der Waals surface area contributed by atoms with Crippen molar-refractivity contribution in [3.05, 3.63) is 99.4 Å². The van der Waals surface area contributed by atoms with Gasteiger partial charge in [-0.25, -0.2) is 9.67 Å². The van der Waals surface area contributed by atoms with E-state index in [1.807, 2.05) is 60.0 Å². The molecular weight excluding hydrogens is 412 g/mol. The maximum absolute atomic E-state index is 12.6. The molecule has 31 heavy (non-hydrogen) atoms. The average Bonchev–Trinajstić information content (AvgIpc) is 3.29. The number of benzene rings is 2. The molecule has 1 amide bonds. The normalized spacial score (nSPS) is 10.6. The summed E-state index contributed by atoms with van der Waals surface area (Å²) in [7, 11) is 1.63. The van der Waals surface area contributed by atoms with Crippen LogP contribution in [0.4, 0.5) is 0 Å². The molecule has 0 aliphatic rings. The molecule has 0 radical (unpaired) electrons. The van der Waals surface area contributed by atoms with Crippen LogP contribution in [-0.2, 0) is 13.1 Å². The first kappa shape index (κ1) is 20.5. The molecule has 4 aromatic rings. The van der Waals surface area contributed by atoms with E-state index < -0.39 is 0 Å². The second kappa shape index (κ2) is 9.36. The van der Waals surface area contributed by atoms with Crippen LogP contribution in [0.1, 0.15) is 21.7 Å². The molecule has 8 heteroatoms. The topological polar surface area (TPSA) is 86.1 Å². The standard InChI is InChI=1S/C23H20N4O3S/c1-30-19-9-7-17(8-10-19)23-25-18(15-31-23)13-24-22(29)20-11-12-21(28)27(26-20)14-16-5-3-2-4-6-16/h2-12,15H,13-14H2,1H3,(H,24,29). The molecule has 0 bridgehead atoms. The molecule has 0 saturated heterocycles. The smallest absolute Gasteiger partial charge is 0.272 e. The fourth-order valence-corrected chi connectivity index (χ4v) is 3.78. The van der Waals surface area contributed by atoms with Gasteiger partial charge in [-0.2, -0.15) is 5.10 Å². The third-order valence-corrected chi connectivity index (χ3v) is 5.53. The summed E-state index contributed by atoms with van der Waals surface area (Å²) >= 11 is 1.50. The molecule has 0 atom stereocenters. The Morgan fingerprint density at radius 1 is 1.06 bits per heavy atom. The van der Waals surface area contributed by atoms with Crippen molar-refractivity contribution >= 4 is 17.2 Å². The van der Waals surface area contributed by atoms with Gasteiger partial charge in [-0.15, -0.1) is 11.3 Å². The molecule has 0 fully saturated rings. The summed E-state index contributed by atoms with van der Waals surface area (Å²) in [6.45, 7) is 0.573. The van der Waals surface area contributed by atoms with E-state index in [4.69, 9.17) is 4.74 Å². The predicted molar refractivity (Wildman–Crippen MR) is 119 cm³/mol. The molecule has 156 valence electrons. The van der Waals surface area contributed by atoms with E-state index in [9.17, 15) is 9.59 Å². The minimum atomic E-state index is -0.360. The maximum Gasteiger partial charge on any atom is 0.272 e. The van der Waals surface area contributed by atoms with Gasteiger partial charge >= 0.3 is 0 Å². The number of rotatable bonds is 7. The van der Waals surface area contributed by atoms with Crippen molar-refractivity contribution in [1.82, 2.24) is 20.1 Å². The number of nitrogens with zero attached hydrogens (tertiary/aromatic N) is 3. The quantitative estimate of drug-likeness (QED) is 0.484. The van der Waals surface area contributed by atoms with E-state index in [-0.39, 0.29) is 23.7 Å². The molecule has 4 rings (SSSR count). The SMILES string of the molecule is COc1ccc(-c2nc(CNC(=O)c3ccc(=O)n(Cc4ccccc4)n3)cs2)cc1. The molecule has 7 nitrogen and oxygen atoms in total. The van der Waals surface area contributed by atoms with E-state index in [1.54, 1.807) is 7.11 Å². The van der Waals surface area contributed by atoms with Crippen molar-refractivity contribution in [2.24, 2.45) is 0 Å². The molecular formula is C23H20N4O3S. The fourth-order valence-electron chi connectivity index (χ4n) is 2.96. The lowest BCUT2D eigenvalue weighted by atomic mass is 10.2. The largest absolute Gasteiger partial charge is 0.497 e. The summed E-state index contributed by atoms with van der Waals surface area (Å²) < 4.78 is 6.46.